The van der Waals surface area contributed by atoms with Crippen LogP contribution in [0.4, 0.5) is 15.8 Å². The van der Waals surface area contributed by atoms with E-state index in [1.54, 1.807) is 32.9 Å². The molecule has 4 nitrogen and oxygen atoms in total. The molecule has 0 aliphatic heterocycles. The van der Waals surface area contributed by atoms with E-state index in [1.165, 1.54) is 12.1 Å². The van der Waals surface area contributed by atoms with Crippen LogP contribution in [0.1, 0.15) is 16.7 Å². The lowest BCUT2D eigenvalue weighted by Gasteiger charge is -2.14. The fraction of sp³-hybridized carbons (Fsp3) is 0.200. The summed E-state index contributed by atoms with van der Waals surface area (Å²) in [6.07, 6.45) is 0. The summed E-state index contributed by atoms with van der Waals surface area (Å²) < 4.78 is 40.7. The Hall–Kier alpha value is -2.08. The van der Waals surface area contributed by atoms with Crippen LogP contribution in [-0.2, 0) is 10.0 Å². The number of hydrogen-bond donors (Lipinski definition) is 2. The van der Waals surface area contributed by atoms with Crippen LogP contribution in [0.5, 0.6) is 0 Å². The van der Waals surface area contributed by atoms with Crippen molar-refractivity contribution in [3.05, 3.63) is 52.8 Å². The highest BCUT2D eigenvalue weighted by atomic mass is 32.2. The van der Waals surface area contributed by atoms with E-state index in [0.717, 1.165) is 11.6 Å². The van der Waals surface area contributed by atoms with E-state index in [-0.39, 0.29) is 10.6 Å². The number of sulfonamides is 1. The van der Waals surface area contributed by atoms with Crippen molar-refractivity contribution >= 4 is 21.4 Å². The van der Waals surface area contributed by atoms with Gasteiger partial charge in [-0.3, -0.25) is 4.72 Å². The quantitative estimate of drug-likeness (QED) is 0.856. The lowest BCUT2D eigenvalue weighted by atomic mass is 10.1. The Balaban J connectivity index is 2.51. The fourth-order valence-corrected chi connectivity index (χ4v) is 3.52. The fourth-order valence-electron chi connectivity index (χ4n) is 2.04. The van der Waals surface area contributed by atoms with Gasteiger partial charge in [-0.2, -0.15) is 0 Å². The second-order valence-electron chi connectivity index (χ2n) is 5.04. The molecule has 0 fully saturated rings. The number of nitrogens with one attached hydrogen (secondary N) is 1. The topological polar surface area (TPSA) is 72.2 Å². The summed E-state index contributed by atoms with van der Waals surface area (Å²) in [6, 6.07) is 7.21. The summed E-state index contributed by atoms with van der Waals surface area (Å²) in [4.78, 5) is 0.101. The van der Waals surface area contributed by atoms with Crippen molar-refractivity contribution in [2.45, 2.75) is 25.7 Å². The molecule has 0 unspecified atom stereocenters. The first-order valence-electron chi connectivity index (χ1n) is 6.36. The molecule has 0 amide bonds. The Morgan fingerprint density at radius 3 is 2.43 bits per heavy atom. The summed E-state index contributed by atoms with van der Waals surface area (Å²) >= 11 is 0. The Morgan fingerprint density at radius 2 is 1.76 bits per heavy atom. The number of nitrogens with two attached hydrogens (primary N) is 1. The third-order valence-corrected chi connectivity index (χ3v) is 4.77. The molecule has 0 aliphatic carbocycles. The van der Waals surface area contributed by atoms with Crippen LogP contribution < -0.4 is 10.5 Å². The molecule has 21 heavy (non-hydrogen) atoms. The lowest BCUT2D eigenvalue weighted by Crippen LogP contribution is -2.16. The maximum Gasteiger partial charge on any atom is 0.262 e. The Labute approximate surface area is 123 Å². The molecule has 0 aromatic heterocycles. The Kier molecular flexibility index (Phi) is 3.91. The summed E-state index contributed by atoms with van der Waals surface area (Å²) in [5, 5.41) is 0. The van der Waals surface area contributed by atoms with Gasteiger partial charge in [-0.1, -0.05) is 6.07 Å². The SMILES string of the molecule is Cc1cc(N)c(C)c(S(=O)(=O)Nc2cc(F)ccc2C)c1. The van der Waals surface area contributed by atoms with Crippen LogP contribution in [0.15, 0.2) is 35.2 Å². The van der Waals surface area contributed by atoms with Crippen molar-refractivity contribution in [2.24, 2.45) is 0 Å². The van der Waals surface area contributed by atoms with Gasteiger partial charge in [-0.15, -0.1) is 0 Å². The monoisotopic (exact) mass is 308 g/mol. The average molecular weight is 308 g/mol. The van der Waals surface area contributed by atoms with E-state index in [4.69, 9.17) is 5.73 Å². The van der Waals surface area contributed by atoms with Crippen LogP contribution in [0.2, 0.25) is 0 Å². The van der Waals surface area contributed by atoms with Gasteiger partial charge in [0, 0.05) is 5.69 Å². The predicted octanol–water partition coefficient (Wildman–Crippen LogP) is 3.13. The third kappa shape index (κ3) is 3.16. The second kappa shape index (κ2) is 5.37. The average Bonchev–Trinajstić information content (AvgIpc) is 2.37. The number of anilines is 2. The summed E-state index contributed by atoms with van der Waals surface area (Å²) in [7, 11) is -3.82. The zero-order valence-corrected chi connectivity index (χ0v) is 12.9. The van der Waals surface area contributed by atoms with E-state index < -0.39 is 15.8 Å². The molecule has 0 atom stereocenters. The summed E-state index contributed by atoms with van der Waals surface area (Å²) in [6.45, 7) is 5.11. The molecular formula is C15H17FN2O2S. The second-order valence-corrected chi connectivity index (χ2v) is 6.69. The zero-order chi connectivity index (χ0) is 15.8. The summed E-state index contributed by atoms with van der Waals surface area (Å²) in [5.41, 5.74) is 8.30. The van der Waals surface area contributed by atoms with Crippen LogP contribution in [0.25, 0.3) is 0 Å². The van der Waals surface area contributed by atoms with Crippen LogP contribution in [-0.4, -0.2) is 8.42 Å². The first-order chi connectivity index (χ1) is 9.70. The largest absolute Gasteiger partial charge is 0.398 e. The molecule has 0 radical (unpaired) electrons. The normalized spacial score (nSPS) is 11.4. The van der Waals surface area contributed by atoms with Crippen molar-refractivity contribution in [1.29, 1.82) is 0 Å². The zero-order valence-electron chi connectivity index (χ0n) is 12.1. The van der Waals surface area contributed by atoms with Crippen LogP contribution >= 0.6 is 0 Å². The van der Waals surface area contributed by atoms with Gasteiger partial charge in [-0.05, 0) is 61.7 Å². The van der Waals surface area contributed by atoms with E-state index in [9.17, 15) is 12.8 Å². The lowest BCUT2D eigenvalue weighted by molar-refractivity contribution is 0.600. The molecule has 0 aliphatic rings. The molecule has 0 heterocycles. The molecule has 0 spiro atoms. The highest BCUT2D eigenvalue weighted by Gasteiger charge is 2.20. The molecule has 2 rings (SSSR count). The highest BCUT2D eigenvalue weighted by Crippen LogP contribution is 2.26. The van der Waals surface area contributed by atoms with Gasteiger partial charge in [0.05, 0.1) is 10.6 Å². The van der Waals surface area contributed by atoms with E-state index in [1.807, 2.05) is 0 Å². The van der Waals surface area contributed by atoms with Gasteiger partial charge >= 0.3 is 0 Å². The van der Waals surface area contributed by atoms with E-state index in [2.05, 4.69) is 4.72 Å². The molecular weight excluding hydrogens is 291 g/mol. The van der Waals surface area contributed by atoms with E-state index >= 15 is 0 Å². The molecule has 6 heteroatoms. The van der Waals surface area contributed by atoms with Gasteiger partial charge in [0.25, 0.3) is 10.0 Å². The van der Waals surface area contributed by atoms with Crippen molar-refractivity contribution in [1.82, 2.24) is 0 Å². The molecule has 0 bridgehead atoms. The van der Waals surface area contributed by atoms with Gasteiger partial charge in [-0.25, -0.2) is 12.8 Å². The Morgan fingerprint density at radius 1 is 1.10 bits per heavy atom. The molecule has 0 saturated heterocycles. The number of aryl methyl sites for hydroxylation is 2. The van der Waals surface area contributed by atoms with Gasteiger partial charge in [0.2, 0.25) is 0 Å². The Bertz CT molecular complexity index is 802. The highest BCUT2D eigenvalue weighted by molar-refractivity contribution is 7.92. The van der Waals surface area contributed by atoms with E-state index in [0.29, 0.717) is 16.8 Å². The minimum absolute atomic E-state index is 0.101. The molecule has 3 N–H and O–H groups in total. The van der Waals surface area contributed by atoms with Crippen molar-refractivity contribution in [2.75, 3.05) is 10.5 Å². The smallest absolute Gasteiger partial charge is 0.262 e. The maximum absolute atomic E-state index is 13.3. The first-order valence-corrected chi connectivity index (χ1v) is 7.85. The van der Waals surface area contributed by atoms with Crippen LogP contribution in [0, 0.1) is 26.6 Å². The minimum atomic E-state index is -3.82. The number of hydrogen-bond acceptors (Lipinski definition) is 3. The third-order valence-electron chi connectivity index (χ3n) is 3.28. The predicted molar refractivity (Wildman–Crippen MR) is 82.3 cm³/mol. The van der Waals surface area contributed by atoms with Gasteiger partial charge in [0.15, 0.2) is 0 Å². The van der Waals surface area contributed by atoms with Crippen molar-refractivity contribution < 1.29 is 12.8 Å². The number of nitrogen functional groups attached to an aromatic ring is 1. The number of benzene rings is 2. The van der Waals surface area contributed by atoms with Crippen LogP contribution in [0.3, 0.4) is 0 Å². The van der Waals surface area contributed by atoms with Gasteiger partial charge < -0.3 is 5.73 Å². The standard InChI is InChI=1S/C15H17FN2O2S/c1-9-6-13(17)11(3)15(7-9)21(19,20)18-14-8-12(16)5-4-10(14)2/h4-8,18H,17H2,1-3H3. The first kappa shape index (κ1) is 15.3. The van der Waals surface area contributed by atoms with Gasteiger partial charge in [0.1, 0.15) is 5.82 Å². The van der Waals surface area contributed by atoms with Crippen molar-refractivity contribution in [3.8, 4) is 0 Å². The molecule has 2 aromatic rings. The maximum atomic E-state index is 13.3. The molecule has 0 saturated carbocycles. The molecule has 2 aromatic carbocycles. The number of halogens is 1. The van der Waals surface area contributed by atoms with Crippen molar-refractivity contribution in [3.63, 3.8) is 0 Å². The summed E-state index contributed by atoms with van der Waals surface area (Å²) in [5.74, 6) is -0.501. The number of rotatable bonds is 3. The molecule has 112 valence electrons. The minimum Gasteiger partial charge on any atom is -0.398 e.